The highest BCUT2D eigenvalue weighted by Gasteiger charge is 2.31. The number of rotatable bonds is 1. The van der Waals surface area contributed by atoms with Gasteiger partial charge in [0.15, 0.2) is 9.84 Å². The minimum atomic E-state index is -3.29. The number of fused-ring (bicyclic) bond motifs is 1. The summed E-state index contributed by atoms with van der Waals surface area (Å²) in [7, 11) is -3.29. The zero-order valence-corrected chi connectivity index (χ0v) is 11.3. The van der Waals surface area contributed by atoms with Crippen LogP contribution in [-0.2, 0) is 14.6 Å². The van der Waals surface area contributed by atoms with Gasteiger partial charge in [0.05, 0.1) is 22.9 Å². The second kappa shape index (κ2) is 4.37. The number of hydrogen-bond acceptors (Lipinski definition) is 4. The van der Waals surface area contributed by atoms with E-state index in [-0.39, 0.29) is 29.6 Å². The molecular weight excluding hydrogens is 252 g/mol. The van der Waals surface area contributed by atoms with Crippen molar-refractivity contribution in [2.45, 2.75) is 18.7 Å². The van der Waals surface area contributed by atoms with Crippen LogP contribution in [0, 0.1) is 13.8 Å². The fourth-order valence-electron chi connectivity index (χ4n) is 2.05. The van der Waals surface area contributed by atoms with Gasteiger partial charge in [-0.05, 0) is 37.1 Å². The molecule has 98 valence electrons. The SMILES string of the molecule is Cc1cc2c(cc1C)S(=O)(=O)CCN2C(=O)CN. The van der Waals surface area contributed by atoms with Crippen molar-refractivity contribution in [3.8, 4) is 0 Å². The monoisotopic (exact) mass is 268 g/mol. The van der Waals surface area contributed by atoms with E-state index in [4.69, 9.17) is 5.73 Å². The predicted molar refractivity (Wildman–Crippen MR) is 69.4 cm³/mol. The average molecular weight is 268 g/mol. The fourth-order valence-corrected chi connectivity index (χ4v) is 3.53. The van der Waals surface area contributed by atoms with Crippen molar-refractivity contribution < 1.29 is 13.2 Å². The lowest BCUT2D eigenvalue weighted by molar-refractivity contribution is -0.117. The standard InChI is InChI=1S/C12H16N2O3S/c1-8-5-10-11(6-9(8)2)18(16,17)4-3-14(10)12(15)7-13/h5-6H,3-4,7,13H2,1-2H3. The number of nitrogens with two attached hydrogens (primary N) is 1. The first-order chi connectivity index (χ1) is 8.36. The lowest BCUT2D eigenvalue weighted by atomic mass is 10.1. The molecule has 0 spiro atoms. The second-order valence-electron chi connectivity index (χ2n) is 4.47. The number of hydrogen-bond donors (Lipinski definition) is 1. The molecule has 0 saturated heterocycles. The minimum Gasteiger partial charge on any atom is -0.322 e. The van der Waals surface area contributed by atoms with Crippen molar-refractivity contribution in [2.75, 3.05) is 23.7 Å². The molecule has 1 aliphatic heterocycles. The molecule has 0 fully saturated rings. The highest BCUT2D eigenvalue weighted by molar-refractivity contribution is 7.91. The third-order valence-electron chi connectivity index (χ3n) is 3.26. The quantitative estimate of drug-likeness (QED) is 0.798. The fraction of sp³-hybridized carbons (Fsp3) is 0.417. The summed E-state index contributed by atoms with van der Waals surface area (Å²) in [6.07, 6.45) is 0. The Kier molecular flexibility index (Phi) is 3.16. The van der Waals surface area contributed by atoms with Crippen LogP contribution in [0.4, 0.5) is 5.69 Å². The van der Waals surface area contributed by atoms with E-state index in [9.17, 15) is 13.2 Å². The third-order valence-corrected chi connectivity index (χ3v) is 4.98. The maximum Gasteiger partial charge on any atom is 0.240 e. The Morgan fingerprint density at radius 2 is 1.94 bits per heavy atom. The molecule has 1 aromatic carbocycles. The number of anilines is 1. The number of nitrogens with zero attached hydrogens (tertiary/aromatic N) is 1. The lowest BCUT2D eigenvalue weighted by Crippen LogP contribution is -2.42. The van der Waals surface area contributed by atoms with Gasteiger partial charge in [-0.3, -0.25) is 4.79 Å². The Morgan fingerprint density at radius 3 is 2.56 bits per heavy atom. The number of sulfone groups is 1. The first-order valence-corrected chi connectivity index (χ1v) is 7.36. The molecule has 0 atom stereocenters. The maximum atomic E-state index is 12.0. The van der Waals surface area contributed by atoms with Crippen molar-refractivity contribution in [3.05, 3.63) is 23.3 Å². The number of carbonyl (C=O) groups is 1. The van der Waals surface area contributed by atoms with Crippen LogP contribution in [0.5, 0.6) is 0 Å². The van der Waals surface area contributed by atoms with Crippen molar-refractivity contribution in [2.24, 2.45) is 5.73 Å². The highest BCUT2D eigenvalue weighted by atomic mass is 32.2. The lowest BCUT2D eigenvalue weighted by Gasteiger charge is -2.29. The summed E-state index contributed by atoms with van der Waals surface area (Å²) < 4.78 is 24.0. The van der Waals surface area contributed by atoms with Crippen molar-refractivity contribution in [3.63, 3.8) is 0 Å². The van der Waals surface area contributed by atoms with Gasteiger partial charge in [-0.15, -0.1) is 0 Å². The van der Waals surface area contributed by atoms with Gasteiger partial charge in [0, 0.05) is 6.54 Å². The number of carbonyl (C=O) groups excluding carboxylic acids is 1. The molecule has 0 aromatic heterocycles. The summed E-state index contributed by atoms with van der Waals surface area (Å²) in [5.74, 6) is -0.303. The minimum absolute atomic E-state index is 0.0474. The maximum absolute atomic E-state index is 12.0. The number of benzene rings is 1. The molecule has 2 rings (SSSR count). The van der Waals surface area contributed by atoms with E-state index in [0.717, 1.165) is 11.1 Å². The van der Waals surface area contributed by atoms with Gasteiger partial charge in [0.25, 0.3) is 0 Å². The van der Waals surface area contributed by atoms with Gasteiger partial charge < -0.3 is 10.6 Å². The van der Waals surface area contributed by atoms with Gasteiger partial charge in [0.2, 0.25) is 5.91 Å². The summed E-state index contributed by atoms with van der Waals surface area (Å²) in [5.41, 5.74) is 7.67. The van der Waals surface area contributed by atoms with E-state index in [1.807, 2.05) is 13.8 Å². The molecule has 6 heteroatoms. The Morgan fingerprint density at radius 1 is 1.33 bits per heavy atom. The Balaban J connectivity index is 2.66. The molecule has 2 N–H and O–H groups in total. The summed E-state index contributed by atoms with van der Waals surface area (Å²) in [6, 6.07) is 3.38. The van der Waals surface area contributed by atoms with Gasteiger partial charge in [-0.25, -0.2) is 8.42 Å². The molecule has 0 radical (unpaired) electrons. The second-order valence-corrected chi connectivity index (χ2v) is 6.55. The first-order valence-electron chi connectivity index (χ1n) is 5.71. The number of amides is 1. The Bertz CT molecular complexity index is 608. The van der Waals surface area contributed by atoms with Crippen molar-refractivity contribution in [1.29, 1.82) is 0 Å². The normalized spacial score (nSPS) is 17.4. The van der Waals surface area contributed by atoms with Crippen LogP contribution in [0.2, 0.25) is 0 Å². The summed E-state index contributed by atoms with van der Waals surface area (Å²) in [4.78, 5) is 13.4. The topological polar surface area (TPSA) is 80.5 Å². The van der Waals surface area contributed by atoms with Gasteiger partial charge in [-0.2, -0.15) is 0 Å². The predicted octanol–water partition coefficient (Wildman–Crippen LogP) is 0.382. The summed E-state index contributed by atoms with van der Waals surface area (Å²) in [5, 5.41) is 0. The molecule has 1 amide bonds. The van der Waals surface area contributed by atoms with Gasteiger partial charge in [-0.1, -0.05) is 0 Å². The Hall–Kier alpha value is -1.40. The van der Waals surface area contributed by atoms with E-state index >= 15 is 0 Å². The van der Waals surface area contributed by atoms with Crippen LogP contribution in [0.15, 0.2) is 17.0 Å². The van der Waals surface area contributed by atoms with Crippen molar-refractivity contribution in [1.82, 2.24) is 0 Å². The van der Waals surface area contributed by atoms with E-state index < -0.39 is 9.84 Å². The van der Waals surface area contributed by atoms with E-state index in [0.29, 0.717) is 5.69 Å². The highest BCUT2D eigenvalue weighted by Crippen LogP contribution is 2.32. The van der Waals surface area contributed by atoms with Crippen LogP contribution >= 0.6 is 0 Å². The van der Waals surface area contributed by atoms with Gasteiger partial charge >= 0.3 is 0 Å². The van der Waals surface area contributed by atoms with Gasteiger partial charge in [0.1, 0.15) is 0 Å². The van der Waals surface area contributed by atoms with Crippen LogP contribution < -0.4 is 10.6 Å². The summed E-state index contributed by atoms with van der Waals surface area (Å²) in [6.45, 7) is 3.80. The van der Waals surface area contributed by atoms with Crippen LogP contribution in [-0.4, -0.2) is 33.2 Å². The molecule has 0 saturated carbocycles. The zero-order chi connectivity index (χ0) is 13.5. The summed E-state index contributed by atoms with van der Waals surface area (Å²) >= 11 is 0. The van der Waals surface area contributed by atoms with Crippen LogP contribution in [0.3, 0.4) is 0 Å². The molecule has 0 unspecified atom stereocenters. The largest absolute Gasteiger partial charge is 0.322 e. The van der Waals surface area contributed by atoms with E-state index in [1.54, 1.807) is 12.1 Å². The van der Waals surface area contributed by atoms with Crippen LogP contribution in [0.1, 0.15) is 11.1 Å². The molecule has 1 aromatic rings. The van der Waals surface area contributed by atoms with E-state index in [1.165, 1.54) is 4.90 Å². The van der Waals surface area contributed by atoms with Crippen molar-refractivity contribution >= 4 is 21.4 Å². The Labute approximate surface area is 107 Å². The van der Waals surface area contributed by atoms with E-state index in [2.05, 4.69) is 0 Å². The molecular formula is C12H16N2O3S. The smallest absolute Gasteiger partial charge is 0.240 e. The number of aryl methyl sites for hydroxylation is 2. The molecule has 0 aliphatic carbocycles. The van der Waals surface area contributed by atoms with Crippen LogP contribution in [0.25, 0.3) is 0 Å². The average Bonchev–Trinajstić information content (AvgIpc) is 2.31. The molecule has 1 heterocycles. The molecule has 5 nitrogen and oxygen atoms in total. The first kappa shape index (κ1) is 13.0. The molecule has 0 bridgehead atoms. The molecule has 18 heavy (non-hydrogen) atoms. The zero-order valence-electron chi connectivity index (χ0n) is 10.4. The molecule has 1 aliphatic rings. The third kappa shape index (κ3) is 2.02.